The summed E-state index contributed by atoms with van der Waals surface area (Å²) >= 11 is 0. The van der Waals surface area contributed by atoms with Gasteiger partial charge in [0.25, 0.3) is 0 Å². The van der Waals surface area contributed by atoms with Crippen LogP contribution >= 0.6 is 0 Å². The van der Waals surface area contributed by atoms with Gasteiger partial charge in [0, 0.05) is 7.11 Å². The van der Waals surface area contributed by atoms with E-state index in [-0.39, 0.29) is 18.4 Å². The number of hydrogen-bond acceptors (Lipinski definition) is 9. The van der Waals surface area contributed by atoms with Crippen LogP contribution < -0.4 is 11.5 Å². The molecule has 1 unspecified atom stereocenters. The summed E-state index contributed by atoms with van der Waals surface area (Å²) in [5.41, 5.74) is 12.1. The van der Waals surface area contributed by atoms with E-state index >= 15 is 0 Å². The number of rotatable bonds is 3. The smallest absolute Gasteiger partial charge is 0.224 e. The van der Waals surface area contributed by atoms with E-state index in [1.165, 1.54) is 13.4 Å². The number of hydrogen-bond donors (Lipinski definition) is 4. The topological polar surface area (TPSA) is 155 Å². The zero-order chi connectivity index (χ0) is 15.1. The Hall–Kier alpha value is -2.01. The molecule has 1 fully saturated rings. The van der Waals surface area contributed by atoms with Gasteiger partial charge in [0.2, 0.25) is 5.95 Å². The average molecular weight is 296 g/mol. The van der Waals surface area contributed by atoms with Crippen LogP contribution in [-0.4, -0.2) is 61.8 Å². The molecule has 4 atom stereocenters. The fraction of sp³-hybridized carbons (Fsp3) is 0.545. The second-order valence-electron chi connectivity index (χ2n) is 4.73. The van der Waals surface area contributed by atoms with Gasteiger partial charge in [-0.15, -0.1) is 0 Å². The average Bonchev–Trinajstić information content (AvgIpc) is 2.99. The first-order chi connectivity index (χ1) is 10.1. The molecule has 0 bridgehead atoms. The predicted molar refractivity (Wildman–Crippen MR) is 71.9 cm³/mol. The van der Waals surface area contributed by atoms with E-state index in [1.807, 2.05) is 0 Å². The minimum atomic E-state index is -0.973. The van der Waals surface area contributed by atoms with Gasteiger partial charge in [-0.1, -0.05) is 0 Å². The zero-order valence-corrected chi connectivity index (χ0v) is 11.2. The quantitative estimate of drug-likeness (QED) is 0.516. The molecule has 114 valence electrons. The molecule has 2 aromatic heterocycles. The maximum atomic E-state index is 10.1. The van der Waals surface area contributed by atoms with Crippen molar-refractivity contribution in [3.63, 3.8) is 0 Å². The Bertz CT molecular complexity index is 661. The highest BCUT2D eigenvalue weighted by Crippen LogP contribution is 2.33. The largest absolute Gasteiger partial charge is 0.394 e. The van der Waals surface area contributed by atoms with Crippen molar-refractivity contribution in [2.45, 2.75) is 24.5 Å². The number of methoxy groups -OCH3 is 1. The molecule has 3 rings (SSSR count). The lowest BCUT2D eigenvalue weighted by Crippen LogP contribution is -2.34. The summed E-state index contributed by atoms with van der Waals surface area (Å²) in [6, 6.07) is 0. The summed E-state index contributed by atoms with van der Waals surface area (Å²) in [7, 11) is 1.45. The molecule has 10 nitrogen and oxygen atoms in total. The predicted octanol–water partition coefficient (Wildman–Crippen LogP) is -1.74. The van der Waals surface area contributed by atoms with Crippen LogP contribution in [0.1, 0.15) is 6.23 Å². The number of aliphatic hydroxyl groups excluding tert-OH is 2. The van der Waals surface area contributed by atoms with Gasteiger partial charge in [-0.25, -0.2) is 4.98 Å². The molecule has 3 heterocycles. The van der Waals surface area contributed by atoms with Crippen LogP contribution in [0.5, 0.6) is 0 Å². The van der Waals surface area contributed by atoms with Gasteiger partial charge >= 0.3 is 0 Å². The lowest BCUT2D eigenvalue weighted by Gasteiger charge is -2.19. The maximum absolute atomic E-state index is 10.1. The highest BCUT2D eigenvalue weighted by Gasteiger charge is 2.45. The fourth-order valence-corrected chi connectivity index (χ4v) is 2.49. The van der Waals surface area contributed by atoms with Crippen LogP contribution in [0.2, 0.25) is 0 Å². The van der Waals surface area contributed by atoms with Gasteiger partial charge in [0.15, 0.2) is 17.7 Å². The van der Waals surface area contributed by atoms with Gasteiger partial charge in [0.1, 0.15) is 23.8 Å². The summed E-state index contributed by atoms with van der Waals surface area (Å²) in [5.74, 6) is 0.162. The number of anilines is 2. The van der Waals surface area contributed by atoms with Crippen LogP contribution in [0.25, 0.3) is 11.2 Å². The minimum Gasteiger partial charge on any atom is -0.394 e. The lowest BCUT2D eigenvalue weighted by molar-refractivity contribution is -0.0583. The third-order valence-corrected chi connectivity index (χ3v) is 3.50. The maximum Gasteiger partial charge on any atom is 0.224 e. The molecule has 0 saturated carbocycles. The van der Waals surface area contributed by atoms with Gasteiger partial charge in [-0.2, -0.15) is 9.97 Å². The zero-order valence-electron chi connectivity index (χ0n) is 11.2. The molecule has 6 N–H and O–H groups in total. The van der Waals surface area contributed by atoms with Crippen LogP contribution in [0.4, 0.5) is 11.8 Å². The van der Waals surface area contributed by atoms with Crippen molar-refractivity contribution in [3.05, 3.63) is 6.33 Å². The molecular weight excluding hydrogens is 280 g/mol. The van der Waals surface area contributed by atoms with Crippen molar-refractivity contribution in [1.82, 2.24) is 19.5 Å². The van der Waals surface area contributed by atoms with E-state index in [0.717, 1.165) is 0 Å². The number of aliphatic hydroxyl groups is 2. The van der Waals surface area contributed by atoms with Crippen LogP contribution in [0.3, 0.4) is 0 Å². The van der Waals surface area contributed by atoms with Crippen LogP contribution in [-0.2, 0) is 9.47 Å². The molecule has 1 aliphatic heterocycles. The lowest BCUT2D eigenvalue weighted by atomic mass is 10.1. The molecule has 2 aromatic rings. The number of fused-ring (bicyclic) bond motifs is 1. The van der Waals surface area contributed by atoms with E-state index in [4.69, 9.17) is 20.9 Å². The van der Waals surface area contributed by atoms with Crippen LogP contribution in [0.15, 0.2) is 6.33 Å². The SMILES string of the molecule is CO[C@H]1C(n2cnc3c(N)nc(N)nc32)O[C@H](CO)[C@H]1O. The third-order valence-electron chi connectivity index (χ3n) is 3.50. The van der Waals surface area contributed by atoms with Gasteiger partial charge < -0.3 is 31.2 Å². The van der Waals surface area contributed by atoms with Crippen LogP contribution in [0, 0.1) is 0 Å². The van der Waals surface area contributed by atoms with E-state index in [0.29, 0.717) is 11.2 Å². The normalized spacial score (nSPS) is 29.3. The summed E-state index contributed by atoms with van der Waals surface area (Å²) in [6.45, 7) is -0.330. The van der Waals surface area contributed by atoms with E-state index in [9.17, 15) is 10.2 Å². The van der Waals surface area contributed by atoms with Crippen molar-refractivity contribution in [2.24, 2.45) is 0 Å². The molecular formula is C11H16N6O4. The third kappa shape index (κ3) is 2.08. The van der Waals surface area contributed by atoms with E-state index < -0.39 is 24.5 Å². The van der Waals surface area contributed by atoms with Crippen molar-refractivity contribution in [2.75, 3.05) is 25.2 Å². The number of imidazole rings is 1. The fourth-order valence-electron chi connectivity index (χ4n) is 2.49. The first-order valence-electron chi connectivity index (χ1n) is 6.29. The summed E-state index contributed by atoms with van der Waals surface area (Å²) in [5, 5.41) is 19.3. The molecule has 0 spiro atoms. The van der Waals surface area contributed by atoms with E-state index in [1.54, 1.807) is 4.57 Å². The first-order valence-corrected chi connectivity index (χ1v) is 6.29. The van der Waals surface area contributed by atoms with Crippen molar-refractivity contribution in [3.8, 4) is 0 Å². The van der Waals surface area contributed by atoms with Gasteiger partial charge in [-0.3, -0.25) is 4.57 Å². The van der Waals surface area contributed by atoms with Gasteiger partial charge in [-0.05, 0) is 0 Å². The molecule has 1 saturated heterocycles. The molecule has 21 heavy (non-hydrogen) atoms. The van der Waals surface area contributed by atoms with Crippen molar-refractivity contribution >= 4 is 22.9 Å². The second kappa shape index (κ2) is 5.07. The standard InChI is InChI=1S/C11H16N6O4/c1-20-7-6(19)4(2-18)21-10(7)17-3-14-5-8(12)15-11(13)16-9(5)17/h3-4,6-7,10,18-19H,2H2,1H3,(H4,12,13,15,16)/t4-,6-,7-,10?/m1/s1. The highest BCUT2D eigenvalue weighted by molar-refractivity contribution is 5.82. The Morgan fingerprint density at radius 1 is 1.43 bits per heavy atom. The van der Waals surface area contributed by atoms with E-state index in [2.05, 4.69) is 15.0 Å². The summed E-state index contributed by atoms with van der Waals surface area (Å²) in [6.07, 6.45) is -1.66. The monoisotopic (exact) mass is 296 g/mol. The number of aromatic nitrogens is 4. The summed E-state index contributed by atoms with van der Waals surface area (Å²) in [4.78, 5) is 12.1. The molecule has 1 aliphatic rings. The highest BCUT2D eigenvalue weighted by atomic mass is 16.6. The Morgan fingerprint density at radius 3 is 2.86 bits per heavy atom. The minimum absolute atomic E-state index is 0.00738. The molecule has 10 heteroatoms. The Labute approximate surface area is 119 Å². The molecule has 0 aliphatic carbocycles. The molecule has 0 radical (unpaired) electrons. The number of nitrogen functional groups attached to an aromatic ring is 2. The molecule has 0 aromatic carbocycles. The summed E-state index contributed by atoms with van der Waals surface area (Å²) < 4.78 is 12.4. The second-order valence-corrected chi connectivity index (χ2v) is 4.73. The first kappa shape index (κ1) is 13.9. The Morgan fingerprint density at radius 2 is 2.19 bits per heavy atom. The van der Waals surface area contributed by atoms with Gasteiger partial charge in [0.05, 0.1) is 12.9 Å². The Balaban J connectivity index is 2.08. The number of nitrogens with two attached hydrogens (primary N) is 2. The van der Waals surface area contributed by atoms with Crippen molar-refractivity contribution in [1.29, 1.82) is 0 Å². The van der Waals surface area contributed by atoms with Crippen molar-refractivity contribution < 1.29 is 19.7 Å². The Kier molecular flexibility index (Phi) is 3.37. The number of nitrogens with zero attached hydrogens (tertiary/aromatic N) is 4. The molecule has 0 amide bonds. The number of ether oxygens (including phenoxy) is 2.